The third-order valence-electron chi connectivity index (χ3n) is 2.62. The molecule has 0 saturated carbocycles. The molecule has 0 amide bonds. The number of hydrogen-bond acceptors (Lipinski definition) is 3. The van der Waals surface area contributed by atoms with E-state index in [1.165, 1.54) is 15.3 Å². The minimum Gasteiger partial charge on any atom is -0.309 e. The normalized spacial score (nSPS) is 12.6. The maximum atomic E-state index is 5.98. The minimum atomic E-state index is 0.225. The van der Waals surface area contributed by atoms with Crippen LogP contribution < -0.4 is 5.32 Å². The van der Waals surface area contributed by atoms with E-state index in [2.05, 4.69) is 41.9 Å². The molecule has 0 aliphatic rings. The van der Waals surface area contributed by atoms with E-state index in [0.717, 1.165) is 4.34 Å². The first-order valence-electron chi connectivity index (χ1n) is 5.31. The van der Waals surface area contributed by atoms with E-state index < -0.39 is 0 Å². The van der Waals surface area contributed by atoms with Gasteiger partial charge in [0, 0.05) is 9.77 Å². The lowest BCUT2D eigenvalue weighted by Gasteiger charge is -2.15. The first kappa shape index (κ1) is 13.0. The van der Waals surface area contributed by atoms with Gasteiger partial charge in [-0.25, -0.2) is 0 Å². The predicted octanol–water partition coefficient (Wildman–Crippen LogP) is 4.43. The number of benzene rings is 1. The van der Waals surface area contributed by atoms with Crippen LogP contribution in [0, 0.1) is 0 Å². The lowest BCUT2D eigenvalue weighted by molar-refractivity contribution is 0.703. The van der Waals surface area contributed by atoms with E-state index in [9.17, 15) is 0 Å². The lowest BCUT2D eigenvalue weighted by Crippen LogP contribution is -2.16. The van der Waals surface area contributed by atoms with Crippen LogP contribution >= 0.6 is 34.7 Å². The summed E-state index contributed by atoms with van der Waals surface area (Å²) in [5.41, 5.74) is 1.27. The Hall–Kier alpha value is -0.480. The highest BCUT2D eigenvalue weighted by Crippen LogP contribution is 2.31. The standard InChI is InChI=1S/C13H14ClNS2/c1-15-13(11-7-8-12(14)17-11)9-3-5-10(16-2)6-4-9/h3-8,13,15H,1-2H3. The van der Waals surface area contributed by atoms with Gasteiger partial charge in [-0.3, -0.25) is 0 Å². The molecule has 1 heterocycles. The molecule has 1 N–H and O–H groups in total. The maximum absolute atomic E-state index is 5.98. The van der Waals surface area contributed by atoms with Crippen LogP contribution in [-0.4, -0.2) is 13.3 Å². The van der Waals surface area contributed by atoms with Crippen LogP contribution in [0.4, 0.5) is 0 Å². The van der Waals surface area contributed by atoms with Crippen molar-refractivity contribution in [3.63, 3.8) is 0 Å². The summed E-state index contributed by atoms with van der Waals surface area (Å²) in [6.45, 7) is 0. The fourth-order valence-electron chi connectivity index (χ4n) is 1.75. The molecule has 90 valence electrons. The highest BCUT2D eigenvalue weighted by Gasteiger charge is 2.13. The van der Waals surface area contributed by atoms with E-state index in [1.54, 1.807) is 23.1 Å². The molecule has 1 atom stereocenters. The Kier molecular flexibility index (Phi) is 4.51. The number of hydrogen-bond donors (Lipinski definition) is 1. The van der Waals surface area contributed by atoms with Gasteiger partial charge in [-0.2, -0.15) is 0 Å². The van der Waals surface area contributed by atoms with E-state index in [0.29, 0.717) is 0 Å². The number of nitrogens with one attached hydrogen (secondary N) is 1. The Labute approximate surface area is 115 Å². The quantitative estimate of drug-likeness (QED) is 0.833. The van der Waals surface area contributed by atoms with Crippen LogP contribution in [0.5, 0.6) is 0 Å². The molecule has 2 rings (SSSR count). The highest BCUT2D eigenvalue weighted by atomic mass is 35.5. The molecule has 0 saturated heterocycles. The van der Waals surface area contributed by atoms with Crippen LogP contribution in [-0.2, 0) is 0 Å². The van der Waals surface area contributed by atoms with E-state index in [4.69, 9.17) is 11.6 Å². The predicted molar refractivity (Wildman–Crippen MR) is 78.5 cm³/mol. The fourth-order valence-corrected chi connectivity index (χ4v) is 3.36. The van der Waals surface area contributed by atoms with Crippen LogP contribution in [0.1, 0.15) is 16.5 Å². The average Bonchev–Trinajstić information content (AvgIpc) is 2.78. The Bertz CT molecular complexity index is 478. The molecule has 1 aromatic carbocycles. The molecule has 0 fully saturated rings. The van der Waals surface area contributed by atoms with Crippen molar-refractivity contribution >= 4 is 34.7 Å². The van der Waals surface area contributed by atoms with Crippen molar-refractivity contribution in [1.29, 1.82) is 0 Å². The van der Waals surface area contributed by atoms with Crippen LogP contribution in [0.2, 0.25) is 4.34 Å². The second kappa shape index (κ2) is 5.91. The van der Waals surface area contributed by atoms with E-state index in [1.807, 2.05) is 13.1 Å². The van der Waals surface area contributed by atoms with Crippen molar-refractivity contribution in [2.45, 2.75) is 10.9 Å². The molecule has 0 spiro atoms. The Morgan fingerprint density at radius 3 is 2.35 bits per heavy atom. The summed E-state index contributed by atoms with van der Waals surface area (Å²) >= 11 is 9.36. The molecule has 0 radical (unpaired) electrons. The molecule has 0 aliphatic carbocycles. The van der Waals surface area contributed by atoms with Crippen molar-refractivity contribution in [3.8, 4) is 0 Å². The van der Waals surface area contributed by atoms with Gasteiger partial charge < -0.3 is 5.32 Å². The van der Waals surface area contributed by atoms with Crippen LogP contribution in [0.15, 0.2) is 41.3 Å². The van der Waals surface area contributed by atoms with Crippen molar-refractivity contribution in [3.05, 3.63) is 51.2 Å². The minimum absolute atomic E-state index is 0.225. The topological polar surface area (TPSA) is 12.0 Å². The zero-order valence-corrected chi connectivity index (χ0v) is 12.1. The van der Waals surface area contributed by atoms with Crippen LogP contribution in [0.25, 0.3) is 0 Å². The van der Waals surface area contributed by atoms with Crippen molar-refractivity contribution < 1.29 is 0 Å². The van der Waals surface area contributed by atoms with E-state index in [-0.39, 0.29) is 6.04 Å². The summed E-state index contributed by atoms with van der Waals surface area (Å²) in [5, 5.41) is 3.33. The summed E-state index contributed by atoms with van der Waals surface area (Å²) in [6.07, 6.45) is 2.09. The van der Waals surface area contributed by atoms with Gasteiger partial charge >= 0.3 is 0 Å². The SMILES string of the molecule is CNC(c1ccc(SC)cc1)c1ccc(Cl)s1. The summed E-state index contributed by atoms with van der Waals surface area (Å²) < 4.78 is 0.834. The Balaban J connectivity index is 2.28. The molecule has 1 unspecified atom stereocenters. The monoisotopic (exact) mass is 283 g/mol. The van der Waals surface area contributed by atoms with Crippen LogP contribution in [0.3, 0.4) is 0 Å². The third kappa shape index (κ3) is 3.05. The van der Waals surface area contributed by atoms with Gasteiger partial charge in [-0.05, 0) is 43.1 Å². The molecule has 1 aromatic heterocycles. The Morgan fingerprint density at radius 1 is 1.18 bits per heavy atom. The number of thioether (sulfide) groups is 1. The number of thiophene rings is 1. The van der Waals surface area contributed by atoms with E-state index >= 15 is 0 Å². The van der Waals surface area contributed by atoms with Crippen molar-refractivity contribution in [2.24, 2.45) is 0 Å². The summed E-state index contributed by atoms with van der Waals surface area (Å²) in [5.74, 6) is 0. The molecule has 0 aliphatic heterocycles. The van der Waals surface area contributed by atoms with Gasteiger partial charge in [0.25, 0.3) is 0 Å². The number of halogens is 1. The summed E-state index contributed by atoms with van der Waals surface area (Å²) in [6, 6.07) is 12.9. The zero-order valence-electron chi connectivity index (χ0n) is 9.74. The molecule has 17 heavy (non-hydrogen) atoms. The summed E-state index contributed by atoms with van der Waals surface area (Å²) in [7, 11) is 1.97. The van der Waals surface area contributed by atoms with Gasteiger partial charge in [0.15, 0.2) is 0 Å². The average molecular weight is 284 g/mol. The van der Waals surface area contributed by atoms with Crippen molar-refractivity contribution in [1.82, 2.24) is 5.32 Å². The highest BCUT2D eigenvalue weighted by molar-refractivity contribution is 7.98. The molecular formula is C13H14ClNS2. The third-order valence-corrected chi connectivity index (χ3v) is 4.66. The molecular weight excluding hydrogens is 270 g/mol. The smallest absolute Gasteiger partial charge is 0.0931 e. The zero-order chi connectivity index (χ0) is 12.3. The first-order chi connectivity index (χ1) is 8.24. The second-order valence-corrected chi connectivity index (χ2v) is 6.26. The summed E-state index contributed by atoms with van der Waals surface area (Å²) in [4.78, 5) is 2.53. The van der Waals surface area contributed by atoms with Gasteiger partial charge in [-0.15, -0.1) is 23.1 Å². The fraction of sp³-hybridized carbons (Fsp3) is 0.231. The van der Waals surface area contributed by atoms with Gasteiger partial charge in [0.1, 0.15) is 0 Å². The molecule has 0 bridgehead atoms. The largest absolute Gasteiger partial charge is 0.309 e. The number of rotatable bonds is 4. The Morgan fingerprint density at radius 2 is 1.88 bits per heavy atom. The molecule has 4 heteroatoms. The van der Waals surface area contributed by atoms with Gasteiger partial charge in [0.2, 0.25) is 0 Å². The lowest BCUT2D eigenvalue weighted by atomic mass is 10.1. The maximum Gasteiger partial charge on any atom is 0.0931 e. The van der Waals surface area contributed by atoms with Gasteiger partial charge in [0.05, 0.1) is 10.4 Å². The second-order valence-electron chi connectivity index (χ2n) is 3.64. The molecule has 2 aromatic rings. The first-order valence-corrected chi connectivity index (χ1v) is 7.73. The molecule has 1 nitrogen and oxygen atoms in total. The van der Waals surface area contributed by atoms with Gasteiger partial charge in [-0.1, -0.05) is 23.7 Å². The van der Waals surface area contributed by atoms with Crippen molar-refractivity contribution in [2.75, 3.05) is 13.3 Å².